The van der Waals surface area contributed by atoms with Gasteiger partial charge < -0.3 is 5.32 Å². The highest BCUT2D eigenvalue weighted by Gasteiger charge is 2.10. The van der Waals surface area contributed by atoms with E-state index in [9.17, 15) is 0 Å². The molecule has 0 fully saturated rings. The van der Waals surface area contributed by atoms with Crippen molar-refractivity contribution in [2.24, 2.45) is 0 Å². The van der Waals surface area contributed by atoms with Crippen LogP contribution in [0.1, 0.15) is 39.0 Å². The fourth-order valence-electron chi connectivity index (χ4n) is 1.80. The predicted octanol–water partition coefficient (Wildman–Crippen LogP) is 3.35. The fourth-order valence-corrected chi connectivity index (χ4v) is 2.52. The van der Waals surface area contributed by atoms with Crippen molar-refractivity contribution in [2.75, 3.05) is 13.1 Å². The molecule has 1 aromatic rings. The highest BCUT2D eigenvalue weighted by Crippen LogP contribution is 2.13. The first-order valence-corrected chi connectivity index (χ1v) is 7.47. The fraction of sp³-hybridized carbons (Fsp3) is 0.714. The van der Waals surface area contributed by atoms with E-state index < -0.39 is 0 Å². The van der Waals surface area contributed by atoms with Crippen LogP contribution >= 0.6 is 11.3 Å². The topological polar surface area (TPSA) is 15.3 Å². The molecular formula is C14H26N2S. The van der Waals surface area contributed by atoms with Crippen molar-refractivity contribution in [3.63, 3.8) is 0 Å². The minimum atomic E-state index is 0.597. The SMILES string of the molecule is CC(C)NCCCN(Cc1cccs1)C(C)C. The predicted molar refractivity (Wildman–Crippen MR) is 77.6 cm³/mol. The molecule has 17 heavy (non-hydrogen) atoms. The van der Waals surface area contributed by atoms with Gasteiger partial charge >= 0.3 is 0 Å². The number of thiophene rings is 1. The maximum Gasteiger partial charge on any atom is 0.0330 e. The minimum absolute atomic E-state index is 0.597. The average molecular weight is 254 g/mol. The van der Waals surface area contributed by atoms with Crippen LogP contribution in [0.25, 0.3) is 0 Å². The summed E-state index contributed by atoms with van der Waals surface area (Å²) < 4.78 is 0. The van der Waals surface area contributed by atoms with Gasteiger partial charge in [-0.2, -0.15) is 0 Å². The molecular weight excluding hydrogens is 228 g/mol. The highest BCUT2D eigenvalue weighted by atomic mass is 32.1. The van der Waals surface area contributed by atoms with Crippen LogP contribution in [-0.2, 0) is 6.54 Å². The maximum atomic E-state index is 3.47. The third-order valence-electron chi connectivity index (χ3n) is 2.84. The molecule has 98 valence electrons. The van der Waals surface area contributed by atoms with Gasteiger partial charge in [0.2, 0.25) is 0 Å². The standard InChI is InChI=1S/C14H26N2S/c1-12(2)15-8-6-9-16(13(3)4)11-14-7-5-10-17-14/h5,7,10,12-13,15H,6,8-9,11H2,1-4H3. The van der Waals surface area contributed by atoms with Crippen LogP contribution in [0.4, 0.5) is 0 Å². The Labute approximate surface area is 110 Å². The van der Waals surface area contributed by atoms with Crippen molar-refractivity contribution in [2.45, 2.75) is 52.7 Å². The largest absolute Gasteiger partial charge is 0.314 e. The second-order valence-corrected chi connectivity index (χ2v) is 6.14. The summed E-state index contributed by atoms with van der Waals surface area (Å²) >= 11 is 1.86. The van der Waals surface area contributed by atoms with Gasteiger partial charge in [-0.3, -0.25) is 4.90 Å². The van der Waals surface area contributed by atoms with Crippen molar-refractivity contribution < 1.29 is 0 Å². The van der Waals surface area contributed by atoms with Gasteiger partial charge in [0.1, 0.15) is 0 Å². The summed E-state index contributed by atoms with van der Waals surface area (Å²) in [5, 5.41) is 5.64. The molecule has 1 heterocycles. The minimum Gasteiger partial charge on any atom is -0.314 e. The van der Waals surface area contributed by atoms with E-state index in [0.717, 1.165) is 13.1 Å². The third-order valence-corrected chi connectivity index (χ3v) is 3.71. The molecule has 0 atom stereocenters. The van der Waals surface area contributed by atoms with Crippen molar-refractivity contribution in [3.05, 3.63) is 22.4 Å². The highest BCUT2D eigenvalue weighted by molar-refractivity contribution is 7.09. The second kappa shape index (κ2) is 7.85. The van der Waals surface area contributed by atoms with Crippen molar-refractivity contribution in [1.29, 1.82) is 0 Å². The molecule has 3 heteroatoms. The zero-order chi connectivity index (χ0) is 12.7. The number of hydrogen-bond acceptors (Lipinski definition) is 3. The Morgan fingerprint density at radius 3 is 2.59 bits per heavy atom. The molecule has 1 aromatic heterocycles. The van der Waals surface area contributed by atoms with E-state index >= 15 is 0 Å². The van der Waals surface area contributed by atoms with Crippen molar-refractivity contribution in [1.82, 2.24) is 10.2 Å². The zero-order valence-electron chi connectivity index (χ0n) is 11.6. The lowest BCUT2D eigenvalue weighted by Crippen LogP contribution is -2.33. The summed E-state index contributed by atoms with van der Waals surface area (Å²) in [5.41, 5.74) is 0. The number of rotatable bonds is 8. The molecule has 0 bridgehead atoms. The summed E-state index contributed by atoms with van der Waals surface area (Å²) in [7, 11) is 0. The summed E-state index contributed by atoms with van der Waals surface area (Å²) in [6, 6.07) is 5.58. The Bertz CT molecular complexity index is 280. The Morgan fingerprint density at radius 2 is 2.06 bits per heavy atom. The first-order valence-electron chi connectivity index (χ1n) is 6.59. The van der Waals surface area contributed by atoms with E-state index in [-0.39, 0.29) is 0 Å². The molecule has 1 rings (SSSR count). The summed E-state index contributed by atoms with van der Waals surface area (Å²) in [6.07, 6.45) is 1.22. The molecule has 0 aliphatic heterocycles. The van der Waals surface area contributed by atoms with Crippen molar-refractivity contribution in [3.8, 4) is 0 Å². The molecule has 0 saturated heterocycles. The molecule has 0 aliphatic rings. The Morgan fingerprint density at radius 1 is 1.29 bits per heavy atom. The normalized spacial score (nSPS) is 11.9. The molecule has 2 nitrogen and oxygen atoms in total. The Hall–Kier alpha value is -0.380. The van der Waals surface area contributed by atoms with Crippen molar-refractivity contribution >= 4 is 11.3 Å². The molecule has 0 aromatic carbocycles. The van der Waals surface area contributed by atoms with E-state index in [1.807, 2.05) is 11.3 Å². The lowest BCUT2D eigenvalue weighted by Gasteiger charge is -2.26. The van der Waals surface area contributed by atoms with E-state index in [4.69, 9.17) is 0 Å². The van der Waals surface area contributed by atoms with E-state index in [0.29, 0.717) is 12.1 Å². The first-order chi connectivity index (χ1) is 8.09. The Kier molecular flexibility index (Phi) is 6.78. The van der Waals surface area contributed by atoms with Gasteiger partial charge in [-0.05, 0) is 44.8 Å². The molecule has 0 aliphatic carbocycles. The van der Waals surface area contributed by atoms with Gasteiger partial charge in [0.15, 0.2) is 0 Å². The second-order valence-electron chi connectivity index (χ2n) is 5.11. The average Bonchev–Trinajstić information content (AvgIpc) is 2.74. The molecule has 0 spiro atoms. The van der Waals surface area contributed by atoms with Gasteiger partial charge in [0.05, 0.1) is 0 Å². The lowest BCUT2D eigenvalue weighted by molar-refractivity contribution is 0.211. The number of hydrogen-bond donors (Lipinski definition) is 1. The van der Waals surface area contributed by atoms with Crippen LogP contribution in [-0.4, -0.2) is 30.1 Å². The van der Waals surface area contributed by atoms with Gasteiger partial charge in [-0.15, -0.1) is 11.3 Å². The van der Waals surface area contributed by atoms with Gasteiger partial charge in [-0.25, -0.2) is 0 Å². The van der Waals surface area contributed by atoms with Crippen LogP contribution in [0.5, 0.6) is 0 Å². The van der Waals surface area contributed by atoms with E-state index in [1.165, 1.54) is 17.8 Å². The summed E-state index contributed by atoms with van der Waals surface area (Å²) in [6.45, 7) is 12.3. The molecule has 0 unspecified atom stereocenters. The monoisotopic (exact) mass is 254 g/mol. The number of nitrogens with one attached hydrogen (secondary N) is 1. The first kappa shape index (κ1) is 14.7. The van der Waals surface area contributed by atoms with Crippen LogP contribution in [0.2, 0.25) is 0 Å². The van der Waals surface area contributed by atoms with E-state index in [2.05, 4.69) is 55.4 Å². The molecule has 1 N–H and O–H groups in total. The zero-order valence-corrected chi connectivity index (χ0v) is 12.4. The smallest absolute Gasteiger partial charge is 0.0330 e. The van der Waals surface area contributed by atoms with Gasteiger partial charge in [-0.1, -0.05) is 19.9 Å². The molecule has 0 amide bonds. The summed E-state index contributed by atoms with van der Waals surface area (Å²) in [4.78, 5) is 4.02. The molecule has 0 radical (unpaired) electrons. The van der Waals surface area contributed by atoms with Crippen LogP contribution in [0.15, 0.2) is 17.5 Å². The lowest BCUT2D eigenvalue weighted by atomic mass is 10.2. The van der Waals surface area contributed by atoms with Gasteiger partial charge in [0.25, 0.3) is 0 Å². The van der Waals surface area contributed by atoms with Gasteiger partial charge in [0, 0.05) is 23.5 Å². The van der Waals surface area contributed by atoms with E-state index in [1.54, 1.807) is 0 Å². The molecule has 0 saturated carbocycles. The number of nitrogens with zero attached hydrogens (tertiary/aromatic N) is 1. The van der Waals surface area contributed by atoms with Crippen LogP contribution in [0, 0.1) is 0 Å². The maximum absolute atomic E-state index is 3.47. The Balaban J connectivity index is 2.29. The summed E-state index contributed by atoms with van der Waals surface area (Å²) in [5.74, 6) is 0. The quantitative estimate of drug-likeness (QED) is 0.716. The van der Waals surface area contributed by atoms with Crippen LogP contribution in [0.3, 0.4) is 0 Å². The third kappa shape index (κ3) is 6.20. The van der Waals surface area contributed by atoms with Crippen LogP contribution < -0.4 is 5.32 Å².